The van der Waals surface area contributed by atoms with Crippen LogP contribution in [-0.4, -0.2) is 13.7 Å². The summed E-state index contributed by atoms with van der Waals surface area (Å²) in [6.45, 7) is 1.15. The summed E-state index contributed by atoms with van der Waals surface area (Å²) in [4.78, 5) is 0. The van der Waals surface area contributed by atoms with Gasteiger partial charge in [-0.15, -0.1) is 0 Å². The molecule has 2 aromatic rings. The van der Waals surface area contributed by atoms with Crippen LogP contribution >= 0.6 is 0 Å². The second-order valence-corrected chi connectivity index (χ2v) is 4.94. The summed E-state index contributed by atoms with van der Waals surface area (Å²) >= 11 is 0. The Morgan fingerprint density at radius 2 is 1.91 bits per heavy atom. The highest BCUT2D eigenvalue weighted by molar-refractivity contribution is 5.44. The molecule has 2 N–H and O–H groups in total. The highest BCUT2D eigenvalue weighted by Gasteiger charge is 2.06. The Morgan fingerprint density at radius 3 is 2.65 bits per heavy atom. The Bertz CT molecular complexity index is 638. The number of methoxy groups -OCH3 is 1. The zero-order chi connectivity index (χ0) is 16.3. The predicted molar refractivity (Wildman–Crippen MR) is 90.2 cm³/mol. The van der Waals surface area contributed by atoms with E-state index in [4.69, 9.17) is 14.7 Å². The number of nitriles is 1. The zero-order valence-electron chi connectivity index (χ0n) is 13.2. The number of nitrogens with one attached hydrogen (secondary N) is 2. The van der Waals surface area contributed by atoms with Crippen molar-refractivity contribution in [1.29, 1.82) is 5.26 Å². The molecule has 0 saturated carbocycles. The third-order valence-corrected chi connectivity index (χ3v) is 3.22. The van der Waals surface area contributed by atoms with E-state index in [-0.39, 0.29) is 0 Å². The van der Waals surface area contributed by atoms with Crippen LogP contribution in [0.5, 0.6) is 11.5 Å². The van der Waals surface area contributed by atoms with Crippen molar-refractivity contribution in [3.8, 4) is 17.6 Å². The number of rotatable bonds is 9. The summed E-state index contributed by atoms with van der Waals surface area (Å²) in [5.41, 5.74) is 8.39. The van der Waals surface area contributed by atoms with E-state index in [1.165, 1.54) is 0 Å². The first kappa shape index (κ1) is 16.7. The fraction of sp³-hybridized carbons (Fsp3) is 0.278. The van der Waals surface area contributed by atoms with Crippen LogP contribution in [0.4, 0.5) is 5.69 Å². The van der Waals surface area contributed by atoms with E-state index < -0.39 is 0 Å². The lowest BCUT2D eigenvalue weighted by molar-refractivity contribution is 0.290. The summed E-state index contributed by atoms with van der Waals surface area (Å²) in [7, 11) is 1.62. The van der Waals surface area contributed by atoms with E-state index in [1.54, 1.807) is 7.11 Å². The molecule has 0 bridgehead atoms. The van der Waals surface area contributed by atoms with Crippen LogP contribution in [0.3, 0.4) is 0 Å². The van der Waals surface area contributed by atoms with E-state index in [0.717, 1.165) is 11.3 Å². The van der Waals surface area contributed by atoms with Crippen molar-refractivity contribution in [2.75, 3.05) is 19.1 Å². The monoisotopic (exact) mass is 311 g/mol. The molecule has 0 aliphatic rings. The maximum atomic E-state index is 8.55. The number of hydrogen-bond acceptors (Lipinski definition) is 5. The lowest BCUT2D eigenvalue weighted by atomic mass is 10.2. The van der Waals surface area contributed by atoms with Crippen molar-refractivity contribution < 1.29 is 9.47 Å². The van der Waals surface area contributed by atoms with E-state index in [0.29, 0.717) is 37.5 Å². The van der Waals surface area contributed by atoms with Crippen LogP contribution in [-0.2, 0) is 6.54 Å². The van der Waals surface area contributed by atoms with Gasteiger partial charge in [-0.2, -0.15) is 5.26 Å². The second kappa shape index (κ2) is 9.34. The Labute approximate surface area is 136 Å². The minimum Gasteiger partial charge on any atom is -0.493 e. The highest BCUT2D eigenvalue weighted by Crippen LogP contribution is 2.28. The van der Waals surface area contributed by atoms with Crippen LogP contribution in [0.1, 0.15) is 18.4 Å². The number of unbranched alkanes of at least 4 members (excludes halogenated alkanes) is 1. The third kappa shape index (κ3) is 5.53. The Balaban J connectivity index is 1.90. The Morgan fingerprint density at radius 1 is 1.09 bits per heavy atom. The summed E-state index contributed by atoms with van der Waals surface area (Å²) in [5, 5.41) is 8.55. The minimum atomic E-state index is 0.491. The molecular weight excluding hydrogens is 290 g/mol. The third-order valence-electron chi connectivity index (χ3n) is 3.22. The lowest BCUT2D eigenvalue weighted by Crippen LogP contribution is -2.20. The fourth-order valence-electron chi connectivity index (χ4n) is 2.05. The van der Waals surface area contributed by atoms with Gasteiger partial charge in [-0.05, 0) is 36.2 Å². The lowest BCUT2D eigenvalue weighted by Gasteiger charge is -2.13. The van der Waals surface area contributed by atoms with Crippen LogP contribution in [0.2, 0.25) is 0 Å². The molecule has 2 rings (SSSR count). The topological polar surface area (TPSA) is 66.3 Å². The molecule has 5 nitrogen and oxygen atoms in total. The van der Waals surface area contributed by atoms with Gasteiger partial charge in [-0.25, -0.2) is 5.43 Å². The van der Waals surface area contributed by atoms with Gasteiger partial charge in [0, 0.05) is 18.7 Å². The van der Waals surface area contributed by atoms with E-state index in [1.807, 2.05) is 48.5 Å². The molecule has 0 atom stereocenters. The normalized spacial score (nSPS) is 9.91. The average molecular weight is 311 g/mol. The molecular formula is C18H21N3O2. The number of ether oxygens (including phenoxy) is 2. The van der Waals surface area contributed by atoms with Gasteiger partial charge in [-0.1, -0.05) is 24.3 Å². The highest BCUT2D eigenvalue weighted by atomic mass is 16.5. The van der Waals surface area contributed by atoms with Gasteiger partial charge >= 0.3 is 0 Å². The first-order valence-electron chi connectivity index (χ1n) is 7.54. The molecule has 0 saturated heterocycles. The van der Waals surface area contributed by atoms with Gasteiger partial charge in [0.15, 0.2) is 11.5 Å². The standard InChI is InChI=1S/C18H21N3O2/c1-22-17-10-9-15(13-18(17)23-12-6-5-11-19)14-20-21-16-7-3-2-4-8-16/h2-4,7-10,13,20-21H,5-6,12,14H2,1H3. The van der Waals surface area contributed by atoms with Gasteiger partial charge in [0.1, 0.15) is 0 Å². The number of hydrazine groups is 1. The molecule has 5 heteroatoms. The fourth-order valence-corrected chi connectivity index (χ4v) is 2.05. The van der Waals surface area contributed by atoms with E-state index in [2.05, 4.69) is 16.9 Å². The molecule has 0 radical (unpaired) electrons. The van der Waals surface area contributed by atoms with Gasteiger partial charge in [-0.3, -0.25) is 0 Å². The first-order chi connectivity index (χ1) is 11.3. The molecule has 0 heterocycles. The molecule has 0 unspecified atom stereocenters. The quantitative estimate of drug-likeness (QED) is 0.548. The first-order valence-corrected chi connectivity index (χ1v) is 7.54. The van der Waals surface area contributed by atoms with Crippen LogP contribution in [0.25, 0.3) is 0 Å². The van der Waals surface area contributed by atoms with E-state index >= 15 is 0 Å². The maximum Gasteiger partial charge on any atom is 0.161 e. The molecule has 23 heavy (non-hydrogen) atoms. The molecule has 2 aromatic carbocycles. The number of anilines is 1. The predicted octanol–water partition coefficient (Wildman–Crippen LogP) is 3.49. The van der Waals surface area contributed by atoms with Crippen molar-refractivity contribution in [1.82, 2.24) is 5.43 Å². The van der Waals surface area contributed by atoms with Crippen molar-refractivity contribution in [3.05, 3.63) is 54.1 Å². The van der Waals surface area contributed by atoms with Crippen LogP contribution in [0.15, 0.2) is 48.5 Å². The number of hydrogen-bond donors (Lipinski definition) is 2. The molecule has 0 aliphatic heterocycles. The molecule has 0 amide bonds. The maximum absolute atomic E-state index is 8.55. The van der Waals surface area contributed by atoms with Crippen LogP contribution in [0, 0.1) is 11.3 Å². The zero-order valence-corrected chi connectivity index (χ0v) is 13.2. The number of benzene rings is 2. The van der Waals surface area contributed by atoms with Crippen molar-refractivity contribution >= 4 is 5.69 Å². The Hall–Kier alpha value is -2.71. The molecule has 0 aliphatic carbocycles. The smallest absolute Gasteiger partial charge is 0.161 e. The summed E-state index contributed by atoms with van der Waals surface area (Å²) < 4.78 is 11.0. The van der Waals surface area contributed by atoms with Gasteiger partial charge < -0.3 is 14.9 Å². The molecule has 0 fully saturated rings. The van der Waals surface area contributed by atoms with Gasteiger partial charge in [0.05, 0.1) is 19.8 Å². The van der Waals surface area contributed by atoms with E-state index in [9.17, 15) is 0 Å². The van der Waals surface area contributed by atoms with Crippen molar-refractivity contribution in [2.24, 2.45) is 0 Å². The summed E-state index contributed by atoms with van der Waals surface area (Å²) in [6.07, 6.45) is 1.20. The number of para-hydroxylation sites is 1. The average Bonchev–Trinajstić information content (AvgIpc) is 2.60. The second-order valence-electron chi connectivity index (χ2n) is 4.94. The van der Waals surface area contributed by atoms with Crippen LogP contribution < -0.4 is 20.3 Å². The van der Waals surface area contributed by atoms with Gasteiger partial charge in [0.25, 0.3) is 0 Å². The Kier molecular flexibility index (Phi) is 6.76. The summed E-state index contributed by atoms with van der Waals surface area (Å²) in [6, 6.07) is 17.8. The largest absolute Gasteiger partial charge is 0.493 e. The molecule has 120 valence electrons. The van der Waals surface area contributed by atoms with Gasteiger partial charge in [0.2, 0.25) is 0 Å². The van der Waals surface area contributed by atoms with Crippen molar-refractivity contribution in [3.63, 3.8) is 0 Å². The van der Waals surface area contributed by atoms with Crippen molar-refractivity contribution in [2.45, 2.75) is 19.4 Å². The summed E-state index contributed by atoms with van der Waals surface area (Å²) in [5.74, 6) is 1.39. The number of nitrogens with zero attached hydrogens (tertiary/aromatic N) is 1. The SMILES string of the molecule is COc1ccc(CNNc2ccccc2)cc1OCCCC#N. The molecule has 0 aromatic heterocycles. The molecule has 0 spiro atoms. The minimum absolute atomic E-state index is 0.491.